The molecular formula is C22H34IN3O4. The van der Waals surface area contributed by atoms with Crippen molar-refractivity contribution in [3.05, 3.63) is 54.0 Å². The van der Waals surface area contributed by atoms with Crippen LogP contribution < -0.4 is 15.4 Å². The normalized spacial score (nSPS) is 12.4. The molecule has 1 heterocycles. The molecule has 2 aromatic rings. The summed E-state index contributed by atoms with van der Waals surface area (Å²) < 4.78 is 16.4. The molecule has 0 bridgehead atoms. The molecule has 3 N–H and O–H groups in total. The molecule has 0 aliphatic heterocycles. The first kappa shape index (κ1) is 26.3. The molecule has 1 aromatic heterocycles. The molecule has 2 rings (SSSR count). The summed E-state index contributed by atoms with van der Waals surface area (Å²) in [6, 6.07) is 11.2. The van der Waals surface area contributed by atoms with Crippen LogP contribution >= 0.6 is 24.0 Å². The van der Waals surface area contributed by atoms with Crippen LogP contribution in [0.5, 0.6) is 5.75 Å². The number of aliphatic hydroxyl groups excluding tert-OH is 1. The molecule has 0 radical (unpaired) electrons. The molecule has 30 heavy (non-hydrogen) atoms. The van der Waals surface area contributed by atoms with E-state index in [-0.39, 0.29) is 36.6 Å². The number of hydrogen-bond donors (Lipinski definition) is 3. The molecule has 0 aliphatic rings. The van der Waals surface area contributed by atoms with Crippen molar-refractivity contribution in [2.75, 3.05) is 26.2 Å². The summed E-state index contributed by atoms with van der Waals surface area (Å²) in [7, 11) is 0. The molecule has 0 aliphatic carbocycles. The second-order valence-electron chi connectivity index (χ2n) is 6.88. The highest BCUT2D eigenvalue weighted by Crippen LogP contribution is 2.19. The van der Waals surface area contributed by atoms with Crippen LogP contribution in [0.1, 0.15) is 44.6 Å². The van der Waals surface area contributed by atoms with E-state index in [0.29, 0.717) is 19.2 Å². The third-order valence-electron chi connectivity index (χ3n) is 3.99. The highest BCUT2D eigenvalue weighted by atomic mass is 127. The second kappa shape index (κ2) is 15.1. The molecular weight excluding hydrogens is 497 g/mol. The highest BCUT2D eigenvalue weighted by molar-refractivity contribution is 14.0. The van der Waals surface area contributed by atoms with Crippen LogP contribution in [0.15, 0.2) is 52.1 Å². The van der Waals surface area contributed by atoms with Gasteiger partial charge < -0.3 is 29.6 Å². The van der Waals surface area contributed by atoms with Gasteiger partial charge in [0.05, 0.1) is 25.0 Å². The number of hydrogen-bond acceptors (Lipinski definition) is 5. The maximum absolute atomic E-state index is 10.4. The second-order valence-corrected chi connectivity index (χ2v) is 6.88. The minimum Gasteiger partial charge on any atom is -0.491 e. The zero-order valence-corrected chi connectivity index (χ0v) is 20.3. The van der Waals surface area contributed by atoms with Gasteiger partial charge in [0.1, 0.15) is 18.1 Å². The lowest BCUT2D eigenvalue weighted by molar-refractivity contribution is 0.105. The zero-order chi connectivity index (χ0) is 20.9. The summed E-state index contributed by atoms with van der Waals surface area (Å²) in [4.78, 5) is 4.48. The number of nitrogens with one attached hydrogen (secondary N) is 2. The van der Waals surface area contributed by atoms with Gasteiger partial charge in [-0.25, -0.2) is 0 Å². The molecule has 1 aromatic carbocycles. The van der Waals surface area contributed by atoms with Gasteiger partial charge in [0, 0.05) is 19.7 Å². The van der Waals surface area contributed by atoms with E-state index < -0.39 is 6.10 Å². The van der Waals surface area contributed by atoms with E-state index in [1.54, 1.807) is 6.26 Å². The molecule has 168 valence electrons. The first-order valence-corrected chi connectivity index (χ1v) is 10.2. The third-order valence-corrected chi connectivity index (χ3v) is 3.99. The first-order valence-electron chi connectivity index (χ1n) is 10.2. The molecule has 0 saturated carbocycles. The van der Waals surface area contributed by atoms with Crippen molar-refractivity contribution in [2.45, 2.75) is 46.0 Å². The van der Waals surface area contributed by atoms with Crippen molar-refractivity contribution in [1.29, 1.82) is 0 Å². The fourth-order valence-corrected chi connectivity index (χ4v) is 2.61. The Morgan fingerprint density at radius 1 is 1.17 bits per heavy atom. The van der Waals surface area contributed by atoms with Crippen molar-refractivity contribution < 1.29 is 19.0 Å². The number of aliphatic hydroxyl groups is 1. The Kier molecular flexibility index (Phi) is 13.2. The number of guanidine groups is 1. The summed E-state index contributed by atoms with van der Waals surface area (Å²) in [5.41, 5.74) is 0.812. The monoisotopic (exact) mass is 531 g/mol. The van der Waals surface area contributed by atoms with E-state index >= 15 is 0 Å². The number of benzene rings is 1. The van der Waals surface area contributed by atoms with Crippen LogP contribution in [0.3, 0.4) is 0 Å². The summed E-state index contributed by atoms with van der Waals surface area (Å²) in [6.45, 7) is 8.83. The number of halogens is 1. The van der Waals surface area contributed by atoms with Gasteiger partial charge in [-0.2, -0.15) is 0 Å². The van der Waals surface area contributed by atoms with Crippen LogP contribution in [-0.2, 0) is 11.3 Å². The lowest BCUT2D eigenvalue weighted by Gasteiger charge is -2.14. The number of furan rings is 1. The van der Waals surface area contributed by atoms with Crippen LogP contribution in [0.25, 0.3) is 0 Å². The van der Waals surface area contributed by atoms with Gasteiger partial charge in [-0.1, -0.05) is 12.1 Å². The van der Waals surface area contributed by atoms with E-state index in [1.165, 1.54) is 0 Å². The van der Waals surface area contributed by atoms with Crippen molar-refractivity contribution in [2.24, 2.45) is 4.99 Å². The number of aliphatic imine (C=N–C) groups is 1. The molecule has 1 atom stereocenters. The van der Waals surface area contributed by atoms with Crippen molar-refractivity contribution in [3.63, 3.8) is 0 Å². The van der Waals surface area contributed by atoms with Crippen LogP contribution in [0.4, 0.5) is 0 Å². The standard InChI is InChI=1S/C22H33N3O4.HI/c1-4-23-22(24-12-6-13-27-16-20-7-5-14-28-20)25-15-21(26)18-8-10-19(11-9-18)29-17(2)3;/h5,7-11,14,17,21,26H,4,6,12-13,15-16H2,1-3H3,(H2,23,24,25);1H. The number of ether oxygens (including phenoxy) is 2. The van der Waals surface area contributed by atoms with Gasteiger partial charge in [0.15, 0.2) is 5.96 Å². The van der Waals surface area contributed by atoms with Crippen molar-refractivity contribution >= 4 is 29.9 Å². The maximum Gasteiger partial charge on any atom is 0.191 e. The molecule has 0 amide bonds. The lowest BCUT2D eigenvalue weighted by Crippen LogP contribution is -2.38. The summed E-state index contributed by atoms with van der Waals surface area (Å²) in [5.74, 6) is 2.30. The average molecular weight is 531 g/mol. The van der Waals surface area contributed by atoms with E-state index in [9.17, 15) is 5.11 Å². The van der Waals surface area contributed by atoms with Gasteiger partial charge in [0.2, 0.25) is 0 Å². The molecule has 0 fully saturated rings. The van der Waals surface area contributed by atoms with Crippen molar-refractivity contribution in [1.82, 2.24) is 10.6 Å². The van der Waals surface area contributed by atoms with E-state index in [1.807, 2.05) is 57.2 Å². The highest BCUT2D eigenvalue weighted by Gasteiger charge is 2.08. The zero-order valence-electron chi connectivity index (χ0n) is 18.0. The largest absolute Gasteiger partial charge is 0.491 e. The topological polar surface area (TPSA) is 88.3 Å². The predicted molar refractivity (Wildman–Crippen MR) is 130 cm³/mol. The molecule has 7 nitrogen and oxygen atoms in total. The van der Waals surface area contributed by atoms with Crippen LogP contribution in [0.2, 0.25) is 0 Å². The van der Waals surface area contributed by atoms with Gasteiger partial charge in [-0.15, -0.1) is 24.0 Å². The number of nitrogens with zero attached hydrogens (tertiary/aromatic N) is 1. The SMILES string of the molecule is CCNC(=NCC(O)c1ccc(OC(C)C)cc1)NCCCOCc1ccco1.I. The fraction of sp³-hybridized carbons (Fsp3) is 0.500. The quantitative estimate of drug-likeness (QED) is 0.167. The van der Waals surface area contributed by atoms with Gasteiger partial charge >= 0.3 is 0 Å². The van der Waals surface area contributed by atoms with Crippen LogP contribution in [-0.4, -0.2) is 43.4 Å². The Morgan fingerprint density at radius 2 is 1.93 bits per heavy atom. The van der Waals surface area contributed by atoms with Gasteiger partial charge in [-0.05, 0) is 57.0 Å². The van der Waals surface area contributed by atoms with Gasteiger partial charge in [0.25, 0.3) is 0 Å². The molecule has 8 heteroatoms. The Labute approximate surface area is 196 Å². The Hall–Kier alpha value is -1.78. The molecule has 1 unspecified atom stereocenters. The Morgan fingerprint density at radius 3 is 2.57 bits per heavy atom. The summed E-state index contributed by atoms with van der Waals surface area (Å²) in [6.07, 6.45) is 1.93. The van der Waals surface area contributed by atoms with E-state index in [0.717, 1.165) is 36.6 Å². The average Bonchev–Trinajstić information content (AvgIpc) is 3.22. The minimum absolute atomic E-state index is 0. The maximum atomic E-state index is 10.4. The summed E-state index contributed by atoms with van der Waals surface area (Å²) in [5, 5.41) is 16.9. The number of rotatable bonds is 12. The predicted octanol–water partition coefficient (Wildman–Crippen LogP) is 3.88. The Bertz CT molecular complexity index is 706. The summed E-state index contributed by atoms with van der Waals surface area (Å²) >= 11 is 0. The lowest BCUT2D eigenvalue weighted by atomic mass is 10.1. The Balaban J connectivity index is 0.00000450. The first-order chi connectivity index (χ1) is 14.1. The molecule has 0 saturated heterocycles. The fourth-order valence-electron chi connectivity index (χ4n) is 2.61. The van der Waals surface area contributed by atoms with E-state index in [4.69, 9.17) is 13.9 Å². The smallest absolute Gasteiger partial charge is 0.191 e. The van der Waals surface area contributed by atoms with E-state index in [2.05, 4.69) is 15.6 Å². The minimum atomic E-state index is -0.671. The third kappa shape index (κ3) is 10.3. The van der Waals surface area contributed by atoms with Crippen molar-refractivity contribution in [3.8, 4) is 5.75 Å². The van der Waals surface area contributed by atoms with Crippen LogP contribution in [0, 0.1) is 0 Å². The molecule has 0 spiro atoms. The van der Waals surface area contributed by atoms with Gasteiger partial charge in [-0.3, -0.25) is 4.99 Å².